The van der Waals surface area contributed by atoms with Crippen molar-refractivity contribution in [3.8, 4) is 0 Å². The molecule has 0 aromatic carbocycles. The molecule has 0 aliphatic carbocycles. The molecule has 0 spiro atoms. The monoisotopic (exact) mass is 198 g/mol. The first-order valence-corrected chi connectivity index (χ1v) is 5.95. The molecule has 1 saturated heterocycles. The first-order chi connectivity index (χ1) is 6.49. The minimum absolute atomic E-state index is 0.657. The highest BCUT2D eigenvalue weighted by Crippen LogP contribution is 2.19. The SMILES string of the molecule is CC1CC(C)NC(CN(C)C(C)C)C1. The minimum atomic E-state index is 0.657. The average molecular weight is 198 g/mol. The van der Waals surface area contributed by atoms with Crippen LogP contribution in [0, 0.1) is 5.92 Å². The fraction of sp³-hybridized carbons (Fsp3) is 1.00. The summed E-state index contributed by atoms with van der Waals surface area (Å²) in [6, 6.07) is 2.05. The third kappa shape index (κ3) is 3.58. The van der Waals surface area contributed by atoms with Crippen LogP contribution in [0.25, 0.3) is 0 Å². The first kappa shape index (κ1) is 12.0. The molecule has 3 unspecified atom stereocenters. The van der Waals surface area contributed by atoms with Crippen LogP contribution in [0.2, 0.25) is 0 Å². The lowest BCUT2D eigenvalue weighted by atomic mass is 9.89. The van der Waals surface area contributed by atoms with Gasteiger partial charge in [0.25, 0.3) is 0 Å². The number of rotatable bonds is 3. The molecular weight excluding hydrogens is 172 g/mol. The van der Waals surface area contributed by atoms with Gasteiger partial charge in [0.1, 0.15) is 0 Å². The Hall–Kier alpha value is -0.0800. The van der Waals surface area contributed by atoms with E-state index in [9.17, 15) is 0 Å². The highest BCUT2D eigenvalue weighted by atomic mass is 15.1. The summed E-state index contributed by atoms with van der Waals surface area (Å²) in [5.74, 6) is 0.886. The molecule has 14 heavy (non-hydrogen) atoms. The summed E-state index contributed by atoms with van der Waals surface area (Å²) >= 11 is 0. The maximum Gasteiger partial charge on any atom is 0.0200 e. The van der Waals surface area contributed by atoms with Crippen LogP contribution in [-0.4, -0.2) is 36.6 Å². The molecule has 1 aliphatic heterocycles. The lowest BCUT2D eigenvalue weighted by Gasteiger charge is -2.36. The van der Waals surface area contributed by atoms with Crippen molar-refractivity contribution in [1.82, 2.24) is 10.2 Å². The van der Waals surface area contributed by atoms with Crippen LogP contribution in [0.1, 0.15) is 40.5 Å². The molecule has 0 saturated carbocycles. The summed E-state index contributed by atoms with van der Waals surface area (Å²) in [7, 11) is 2.22. The first-order valence-electron chi connectivity index (χ1n) is 5.95. The van der Waals surface area contributed by atoms with Gasteiger partial charge in [-0.15, -0.1) is 0 Å². The summed E-state index contributed by atoms with van der Waals surface area (Å²) in [6.45, 7) is 10.4. The Balaban J connectivity index is 2.36. The molecule has 1 aliphatic rings. The summed E-state index contributed by atoms with van der Waals surface area (Å²) in [6.07, 6.45) is 2.67. The van der Waals surface area contributed by atoms with Crippen molar-refractivity contribution in [3.63, 3.8) is 0 Å². The summed E-state index contributed by atoms with van der Waals surface area (Å²) in [5, 5.41) is 3.69. The Labute approximate surface area is 89.1 Å². The van der Waals surface area contributed by atoms with E-state index in [2.05, 4.69) is 45.0 Å². The quantitative estimate of drug-likeness (QED) is 0.747. The van der Waals surface area contributed by atoms with Gasteiger partial charge >= 0.3 is 0 Å². The predicted octanol–water partition coefficient (Wildman–Crippen LogP) is 2.10. The standard InChI is InChI=1S/C12H26N2/c1-9(2)14(5)8-12-7-10(3)6-11(4)13-12/h9-13H,6-8H2,1-5H3. The highest BCUT2D eigenvalue weighted by molar-refractivity contribution is 4.83. The number of likely N-dealkylation sites (N-methyl/N-ethyl adjacent to an activating group) is 1. The van der Waals surface area contributed by atoms with Crippen molar-refractivity contribution < 1.29 is 0 Å². The van der Waals surface area contributed by atoms with E-state index in [1.807, 2.05) is 0 Å². The van der Waals surface area contributed by atoms with Gasteiger partial charge in [0, 0.05) is 24.7 Å². The molecule has 1 fully saturated rings. The molecule has 0 aromatic heterocycles. The summed E-state index contributed by atoms with van der Waals surface area (Å²) < 4.78 is 0. The van der Waals surface area contributed by atoms with E-state index in [0.717, 1.165) is 5.92 Å². The molecule has 1 rings (SSSR count). The Kier molecular flexibility index (Phi) is 4.39. The van der Waals surface area contributed by atoms with E-state index in [0.29, 0.717) is 18.1 Å². The normalized spacial score (nSPS) is 34.1. The van der Waals surface area contributed by atoms with Gasteiger partial charge in [0.2, 0.25) is 0 Å². The zero-order chi connectivity index (χ0) is 10.7. The fourth-order valence-electron chi connectivity index (χ4n) is 2.41. The second-order valence-electron chi connectivity index (χ2n) is 5.37. The van der Waals surface area contributed by atoms with E-state index in [1.165, 1.54) is 19.4 Å². The molecule has 2 nitrogen and oxygen atoms in total. The van der Waals surface area contributed by atoms with Gasteiger partial charge < -0.3 is 10.2 Å². The van der Waals surface area contributed by atoms with Crippen LogP contribution in [0.4, 0.5) is 0 Å². The Morgan fingerprint density at radius 2 is 1.93 bits per heavy atom. The zero-order valence-corrected chi connectivity index (χ0v) is 10.4. The van der Waals surface area contributed by atoms with Gasteiger partial charge in [0.15, 0.2) is 0 Å². The Morgan fingerprint density at radius 1 is 1.29 bits per heavy atom. The van der Waals surface area contributed by atoms with Crippen molar-refractivity contribution in [2.75, 3.05) is 13.6 Å². The van der Waals surface area contributed by atoms with Crippen LogP contribution in [-0.2, 0) is 0 Å². The molecular formula is C12H26N2. The molecule has 1 N–H and O–H groups in total. The third-order valence-electron chi connectivity index (χ3n) is 3.35. The molecule has 0 aromatic rings. The molecule has 84 valence electrons. The lowest BCUT2D eigenvalue weighted by molar-refractivity contribution is 0.185. The van der Waals surface area contributed by atoms with Crippen LogP contribution in [0.15, 0.2) is 0 Å². The molecule has 1 heterocycles. The second kappa shape index (κ2) is 5.13. The maximum absolute atomic E-state index is 3.69. The number of hydrogen-bond acceptors (Lipinski definition) is 2. The lowest BCUT2D eigenvalue weighted by Crippen LogP contribution is -2.49. The van der Waals surface area contributed by atoms with Crippen LogP contribution >= 0.6 is 0 Å². The van der Waals surface area contributed by atoms with E-state index in [-0.39, 0.29) is 0 Å². The predicted molar refractivity (Wildman–Crippen MR) is 62.5 cm³/mol. The number of nitrogens with one attached hydrogen (secondary N) is 1. The highest BCUT2D eigenvalue weighted by Gasteiger charge is 2.24. The fourth-order valence-corrected chi connectivity index (χ4v) is 2.41. The molecule has 3 atom stereocenters. The number of nitrogens with zero attached hydrogens (tertiary/aromatic N) is 1. The van der Waals surface area contributed by atoms with Crippen molar-refractivity contribution in [3.05, 3.63) is 0 Å². The maximum atomic E-state index is 3.69. The largest absolute Gasteiger partial charge is 0.310 e. The van der Waals surface area contributed by atoms with Gasteiger partial charge in [-0.25, -0.2) is 0 Å². The number of hydrogen-bond donors (Lipinski definition) is 1. The van der Waals surface area contributed by atoms with Crippen molar-refractivity contribution in [2.24, 2.45) is 5.92 Å². The Morgan fingerprint density at radius 3 is 2.43 bits per heavy atom. The Bertz CT molecular complexity index is 158. The van der Waals surface area contributed by atoms with Gasteiger partial charge in [-0.3, -0.25) is 0 Å². The third-order valence-corrected chi connectivity index (χ3v) is 3.35. The molecule has 0 amide bonds. The average Bonchev–Trinajstić information content (AvgIpc) is 2.01. The van der Waals surface area contributed by atoms with E-state index in [4.69, 9.17) is 0 Å². The van der Waals surface area contributed by atoms with Gasteiger partial charge in [-0.2, -0.15) is 0 Å². The topological polar surface area (TPSA) is 15.3 Å². The summed E-state index contributed by atoms with van der Waals surface area (Å²) in [4.78, 5) is 2.43. The summed E-state index contributed by atoms with van der Waals surface area (Å²) in [5.41, 5.74) is 0. The van der Waals surface area contributed by atoms with E-state index in [1.54, 1.807) is 0 Å². The second-order valence-corrected chi connectivity index (χ2v) is 5.37. The number of piperidine rings is 1. The van der Waals surface area contributed by atoms with Crippen molar-refractivity contribution in [2.45, 2.75) is 58.7 Å². The van der Waals surface area contributed by atoms with Crippen molar-refractivity contribution >= 4 is 0 Å². The van der Waals surface area contributed by atoms with Gasteiger partial charge in [0.05, 0.1) is 0 Å². The van der Waals surface area contributed by atoms with E-state index >= 15 is 0 Å². The minimum Gasteiger partial charge on any atom is -0.310 e. The molecule has 0 bridgehead atoms. The van der Waals surface area contributed by atoms with Crippen molar-refractivity contribution in [1.29, 1.82) is 0 Å². The molecule has 0 radical (unpaired) electrons. The van der Waals surface area contributed by atoms with Gasteiger partial charge in [-0.05, 0) is 46.6 Å². The molecule has 2 heteroatoms. The van der Waals surface area contributed by atoms with Crippen LogP contribution in [0.5, 0.6) is 0 Å². The zero-order valence-electron chi connectivity index (χ0n) is 10.4. The van der Waals surface area contributed by atoms with Crippen LogP contribution < -0.4 is 5.32 Å². The van der Waals surface area contributed by atoms with E-state index < -0.39 is 0 Å². The van der Waals surface area contributed by atoms with Gasteiger partial charge in [-0.1, -0.05) is 6.92 Å². The van der Waals surface area contributed by atoms with Crippen LogP contribution in [0.3, 0.4) is 0 Å². The smallest absolute Gasteiger partial charge is 0.0200 e.